The van der Waals surface area contributed by atoms with E-state index in [1.165, 1.54) is 0 Å². The summed E-state index contributed by atoms with van der Waals surface area (Å²) in [6.45, 7) is 2.78. The first-order chi connectivity index (χ1) is 13.7. The molecule has 0 atom stereocenters. The Balaban J connectivity index is 1.67. The van der Waals surface area contributed by atoms with Gasteiger partial charge in [-0.25, -0.2) is 4.98 Å². The summed E-state index contributed by atoms with van der Waals surface area (Å²) in [5.74, 6) is 1.49. The first-order valence-corrected chi connectivity index (χ1v) is 10.3. The van der Waals surface area contributed by atoms with Crippen LogP contribution in [0, 0.1) is 0 Å². The minimum atomic E-state index is -0.0115. The van der Waals surface area contributed by atoms with Crippen LogP contribution in [-0.4, -0.2) is 23.2 Å². The average Bonchev–Trinajstić information content (AvgIpc) is 2.73. The van der Waals surface area contributed by atoms with Crippen LogP contribution < -0.4 is 15.8 Å². The molecule has 28 heavy (non-hydrogen) atoms. The Labute approximate surface area is 168 Å². The van der Waals surface area contributed by atoms with Gasteiger partial charge in [0.15, 0.2) is 0 Å². The van der Waals surface area contributed by atoms with Crippen molar-refractivity contribution in [1.29, 1.82) is 0 Å². The summed E-state index contributed by atoms with van der Waals surface area (Å²) < 4.78 is 3.30. The van der Waals surface area contributed by atoms with E-state index in [0.717, 1.165) is 51.2 Å². The molecule has 0 spiro atoms. The maximum atomic E-state index is 12.0. The van der Waals surface area contributed by atoms with Crippen molar-refractivity contribution in [2.45, 2.75) is 13.3 Å². The molecule has 4 rings (SSSR count). The molecule has 1 aliphatic rings. The largest absolute Gasteiger partial charge is 0.383 e. The second-order valence-corrected chi connectivity index (χ2v) is 7.72. The number of carbonyl (C=O) groups is 1. The number of fused-ring (bicyclic) bond motifs is 1. The van der Waals surface area contributed by atoms with Crippen molar-refractivity contribution in [1.82, 2.24) is 10.3 Å². The van der Waals surface area contributed by atoms with E-state index >= 15 is 0 Å². The summed E-state index contributed by atoms with van der Waals surface area (Å²) in [5, 5.41) is 2.87. The van der Waals surface area contributed by atoms with E-state index in [1.54, 1.807) is 18.1 Å². The number of anilines is 2. The van der Waals surface area contributed by atoms with Crippen molar-refractivity contribution in [2.75, 3.05) is 22.8 Å². The number of aromatic nitrogens is 1. The molecule has 2 aromatic carbocycles. The number of benzene rings is 2. The molecular weight excluding hydrogens is 368 g/mol. The maximum absolute atomic E-state index is 12.0. The van der Waals surface area contributed by atoms with Gasteiger partial charge in [-0.05, 0) is 47.4 Å². The zero-order valence-electron chi connectivity index (χ0n) is 15.7. The summed E-state index contributed by atoms with van der Waals surface area (Å²) in [6.07, 6.45) is 2.63. The minimum absolute atomic E-state index is 0.0115. The number of rotatable bonds is 5. The molecule has 4 N–H and O–H groups in total. The van der Waals surface area contributed by atoms with Crippen LogP contribution in [0.1, 0.15) is 22.8 Å². The van der Waals surface area contributed by atoms with Crippen LogP contribution in [-0.2, 0) is 6.42 Å². The standard InChI is InChI=1S/C22H22N4OS/c1-2-28-26-18-6-3-14(4-7-18)17-12-20(21(23)25-13-17)15-5-8-19-16(11-15)9-10-24-22(19)27/h3-8,11-13,26H,2,9-10H2,1H3,(H2,23,25)(H,24,27). The lowest BCUT2D eigenvalue weighted by Gasteiger charge is -2.18. The molecule has 142 valence electrons. The molecule has 0 fully saturated rings. The Morgan fingerprint density at radius 3 is 2.64 bits per heavy atom. The van der Waals surface area contributed by atoms with Crippen LogP contribution in [0.5, 0.6) is 0 Å². The summed E-state index contributed by atoms with van der Waals surface area (Å²) >= 11 is 1.67. The lowest BCUT2D eigenvalue weighted by atomic mass is 9.94. The Kier molecular flexibility index (Phi) is 5.21. The summed E-state index contributed by atoms with van der Waals surface area (Å²) in [7, 11) is 0. The Morgan fingerprint density at radius 1 is 1.07 bits per heavy atom. The van der Waals surface area contributed by atoms with E-state index < -0.39 is 0 Å². The molecule has 0 aliphatic carbocycles. The summed E-state index contributed by atoms with van der Waals surface area (Å²) in [6, 6.07) is 16.2. The van der Waals surface area contributed by atoms with Gasteiger partial charge >= 0.3 is 0 Å². The highest BCUT2D eigenvalue weighted by atomic mass is 32.2. The van der Waals surface area contributed by atoms with Crippen LogP contribution in [0.25, 0.3) is 22.3 Å². The van der Waals surface area contributed by atoms with Gasteiger partial charge < -0.3 is 15.8 Å². The van der Waals surface area contributed by atoms with Crippen LogP contribution in [0.4, 0.5) is 11.5 Å². The van der Waals surface area contributed by atoms with Crippen molar-refractivity contribution in [2.24, 2.45) is 0 Å². The summed E-state index contributed by atoms with van der Waals surface area (Å²) in [4.78, 5) is 16.4. The molecular formula is C22H22N4OS. The third-order valence-electron chi connectivity index (χ3n) is 4.81. The van der Waals surface area contributed by atoms with Gasteiger partial charge in [0.1, 0.15) is 5.82 Å². The highest BCUT2D eigenvalue weighted by Gasteiger charge is 2.17. The van der Waals surface area contributed by atoms with Gasteiger partial charge in [0, 0.05) is 40.9 Å². The Hall–Kier alpha value is -2.99. The van der Waals surface area contributed by atoms with Gasteiger partial charge in [-0.15, -0.1) is 0 Å². The van der Waals surface area contributed by atoms with Gasteiger partial charge in [-0.1, -0.05) is 43.1 Å². The Bertz CT molecular complexity index is 1020. The number of amides is 1. The van der Waals surface area contributed by atoms with Crippen molar-refractivity contribution >= 4 is 29.4 Å². The molecule has 3 aromatic rings. The van der Waals surface area contributed by atoms with Crippen LogP contribution in [0.2, 0.25) is 0 Å². The predicted octanol–water partition coefficient (Wildman–Crippen LogP) is 4.36. The van der Waals surface area contributed by atoms with E-state index in [0.29, 0.717) is 12.4 Å². The number of nitrogen functional groups attached to an aromatic ring is 1. The molecule has 0 radical (unpaired) electrons. The van der Waals surface area contributed by atoms with E-state index in [2.05, 4.69) is 58.3 Å². The van der Waals surface area contributed by atoms with E-state index in [-0.39, 0.29) is 5.91 Å². The molecule has 6 heteroatoms. The second-order valence-electron chi connectivity index (χ2n) is 6.65. The fourth-order valence-corrected chi connectivity index (χ4v) is 3.79. The highest BCUT2D eigenvalue weighted by Crippen LogP contribution is 2.32. The van der Waals surface area contributed by atoms with Crippen LogP contribution >= 0.6 is 11.9 Å². The van der Waals surface area contributed by atoms with Gasteiger partial charge in [-0.3, -0.25) is 4.79 Å². The first-order valence-electron chi connectivity index (χ1n) is 9.31. The van der Waals surface area contributed by atoms with Crippen LogP contribution in [0.3, 0.4) is 0 Å². The smallest absolute Gasteiger partial charge is 0.251 e. The molecule has 0 saturated heterocycles. The lowest BCUT2D eigenvalue weighted by Crippen LogP contribution is -2.31. The number of carbonyl (C=O) groups excluding carboxylic acids is 1. The van der Waals surface area contributed by atoms with Crippen molar-refractivity contribution in [3.05, 3.63) is 65.9 Å². The number of hydrogen-bond acceptors (Lipinski definition) is 5. The van der Waals surface area contributed by atoms with E-state index in [1.807, 2.05) is 12.1 Å². The summed E-state index contributed by atoms with van der Waals surface area (Å²) in [5.41, 5.74) is 13.0. The van der Waals surface area contributed by atoms with Gasteiger partial charge in [-0.2, -0.15) is 0 Å². The maximum Gasteiger partial charge on any atom is 0.251 e. The van der Waals surface area contributed by atoms with E-state index in [9.17, 15) is 4.79 Å². The molecule has 0 unspecified atom stereocenters. The minimum Gasteiger partial charge on any atom is -0.383 e. The average molecular weight is 391 g/mol. The van der Waals surface area contributed by atoms with Gasteiger partial charge in [0.05, 0.1) is 0 Å². The molecule has 1 aromatic heterocycles. The molecule has 5 nitrogen and oxygen atoms in total. The van der Waals surface area contributed by atoms with Gasteiger partial charge in [0.2, 0.25) is 0 Å². The molecule has 0 bridgehead atoms. The quantitative estimate of drug-likeness (QED) is 0.564. The third kappa shape index (κ3) is 3.68. The second kappa shape index (κ2) is 7.94. The van der Waals surface area contributed by atoms with Crippen molar-refractivity contribution < 1.29 is 4.79 Å². The fourth-order valence-electron chi connectivity index (χ4n) is 3.35. The normalized spacial score (nSPS) is 13.0. The lowest BCUT2D eigenvalue weighted by molar-refractivity contribution is 0.0946. The number of hydrogen-bond donors (Lipinski definition) is 3. The van der Waals surface area contributed by atoms with Crippen molar-refractivity contribution in [3.8, 4) is 22.3 Å². The molecule has 2 heterocycles. The topological polar surface area (TPSA) is 80.0 Å². The van der Waals surface area contributed by atoms with Crippen LogP contribution in [0.15, 0.2) is 54.7 Å². The number of nitrogens with one attached hydrogen (secondary N) is 2. The first kappa shape index (κ1) is 18.4. The third-order valence-corrected chi connectivity index (χ3v) is 5.48. The SMILES string of the molecule is CCSNc1ccc(-c2cnc(N)c(-c3ccc4c(c3)CCNC4=O)c2)cc1. The predicted molar refractivity (Wildman–Crippen MR) is 117 cm³/mol. The molecule has 1 amide bonds. The van der Waals surface area contributed by atoms with E-state index in [4.69, 9.17) is 5.73 Å². The monoisotopic (exact) mass is 390 g/mol. The van der Waals surface area contributed by atoms with Gasteiger partial charge in [0.25, 0.3) is 5.91 Å². The Morgan fingerprint density at radius 2 is 1.86 bits per heavy atom. The zero-order chi connectivity index (χ0) is 19.5. The van der Waals surface area contributed by atoms with Crippen molar-refractivity contribution in [3.63, 3.8) is 0 Å². The highest BCUT2D eigenvalue weighted by molar-refractivity contribution is 8.00. The number of nitrogens with two attached hydrogens (primary N) is 1. The fraction of sp³-hybridized carbons (Fsp3) is 0.182. The molecule has 1 aliphatic heterocycles. The number of pyridine rings is 1. The number of nitrogens with zero attached hydrogens (tertiary/aromatic N) is 1. The zero-order valence-corrected chi connectivity index (χ0v) is 16.5. The molecule has 0 saturated carbocycles.